The molecular formula is C27H36N10O10P2S2. The smallest absolute Gasteiger partial charge is 0.325 e. The first kappa shape index (κ1) is 35.6. The van der Waals surface area contributed by atoms with E-state index in [1.54, 1.807) is 4.57 Å². The van der Waals surface area contributed by atoms with Gasteiger partial charge in [-0.15, -0.1) is 0 Å². The molecule has 0 saturated carbocycles. The van der Waals surface area contributed by atoms with Crippen molar-refractivity contribution in [1.82, 2.24) is 34.1 Å². The molecule has 20 nitrogen and oxygen atoms in total. The van der Waals surface area contributed by atoms with E-state index in [9.17, 15) is 20.0 Å². The van der Waals surface area contributed by atoms with Crippen LogP contribution in [-0.4, -0.2) is 117 Å². The van der Waals surface area contributed by atoms with Crippen molar-refractivity contribution in [2.45, 2.75) is 74.8 Å². The molecule has 0 aromatic carbocycles. The molecule has 3 unspecified atom stereocenters. The van der Waals surface area contributed by atoms with E-state index in [0.29, 0.717) is 18.7 Å². The molecule has 10 atom stereocenters. The molecule has 24 heteroatoms. The van der Waals surface area contributed by atoms with Crippen LogP contribution in [0.1, 0.15) is 36.6 Å². The van der Waals surface area contributed by atoms with Crippen molar-refractivity contribution < 1.29 is 47.6 Å². The van der Waals surface area contributed by atoms with Crippen molar-refractivity contribution in [2.75, 3.05) is 37.4 Å². The molecule has 3 saturated heterocycles. The quantitative estimate of drug-likeness (QED) is 0.130. The number of hydrogen-bond donors (Lipinski definition) is 7. The first-order valence-electron chi connectivity index (χ1n) is 16.2. The van der Waals surface area contributed by atoms with Gasteiger partial charge in [0, 0.05) is 24.7 Å². The number of hydrogen-bond acceptors (Lipinski definition) is 18. The first-order valence-corrected chi connectivity index (χ1v) is 21.4. The molecule has 9 N–H and O–H groups in total. The molecule has 0 radical (unpaired) electrons. The molecule has 0 amide bonds. The van der Waals surface area contributed by atoms with Gasteiger partial charge in [0.1, 0.15) is 54.1 Å². The largest absolute Gasteiger partial charge is 0.387 e. The molecule has 1 aliphatic carbocycles. The minimum absolute atomic E-state index is 0.0666. The number of nitrogens with zero attached hydrogens (tertiary/aromatic N) is 7. The number of imidazole rings is 1. The summed E-state index contributed by atoms with van der Waals surface area (Å²) in [7, 11) is 0. The third-order valence-corrected chi connectivity index (χ3v) is 12.4. The second kappa shape index (κ2) is 13.8. The normalized spacial score (nSPS) is 35.9. The van der Waals surface area contributed by atoms with Gasteiger partial charge >= 0.3 is 13.4 Å². The van der Waals surface area contributed by atoms with Gasteiger partial charge in [0.05, 0.1) is 25.2 Å². The highest BCUT2D eigenvalue weighted by atomic mass is 32.5. The SMILES string of the molecule is NCCNc1nc(N)c2ncn([C@@H]3O[C@@H]4COP(O)(=S)O[C@@H]5[C@@H](COP(O)(=S)O[C@@H]3[C@@H]4O)OC(n3cc4c6c(ncnc63)CCCC4)[C@@H]5O)c2n1. The lowest BCUT2D eigenvalue weighted by molar-refractivity contribution is -0.0606. The molecule has 8 rings (SSSR count). The second-order valence-electron chi connectivity index (χ2n) is 12.5. The van der Waals surface area contributed by atoms with Crippen LogP contribution in [0.5, 0.6) is 0 Å². The Morgan fingerprint density at radius 2 is 1.61 bits per heavy atom. The fourth-order valence-electron chi connectivity index (χ4n) is 6.91. The third-order valence-electron chi connectivity index (χ3n) is 9.24. The van der Waals surface area contributed by atoms with Crippen LogP contribution < -0.4 is 16.8 Å². The van der Waals surface area contributed by atoms with E-state index in [2.05, 4.69) is 30.2 Å². The van der Waals surface area contributed by atoms with Crippen LogP contribution in [0.2, 0.25) is 0 Å². The van der Waals surface area contributed by atoms with Crippen LogP contribution in [0.25, 0.3) is 22.2 Å². The summed E-state index contributed by atoms with van der Waals surface area (Å²) in [5, 5.41) is 26.9. The van der Waals surface area contributed by atoms with Crippen LogP contribution in [0.15, 0.2) is 18.9 Å². The molecule has 51 heavy (non-hydrogen) atoms. The van der Waals surface area contributed by atoms with Gasteiger partial charge < -0.3 is 59.9 Å². The summed E-state index contributed by atoms with van der Waals surface area (Å²) < 4.78 is 38.8. The van der Waals surface area contributed by atoms with Crippen LogP contribution in [0, 0.1) is 0 Å². The van der Waals surface area contributed by atoms with Crippen molar-refractivity contribution in [1.29, 1.82) is 0 Å². The maximum atomic E-state index is 11.6. The van der Waals surface area contributed by atoms with Gasteiger partial charge in [-0.2, -0.15) is 9.97 Å². The van der Waals surface area contributed by atoms with Crippen molar-refractivity contribution in [3.63, 3.8) is 0 Å². The number of fused-ring (bicyclic) bond motifs is 4. The van der Waals surface area contributed by atoms with Crippen molar-refractivity contribution in [3.05, 3.63) is 30.1 Å². The number of nitrogens with two attached hydrogens (primary N) is 2. The average molecular weight is 787 g/mol. The fourth-order valence-corrected chi connectivity index (χ4v) is 9.77. The highest BCUT2D eigenvalue weighted by Gasteiger charge is 2.52. The van der Waals surface area contributed by atoms with Gasteiger partial charge in [0.2, 0.25) is 5.95 Å². The summed E-state index contributed by atoms with van der Waals surface area (Å²) in [6.45, 7) is -8.60. The Hall–Kier alpha value is -2.37. The Kier molecular flexibility index (Phi) is 9.65. The highest BCUT2D eigenvalue weighted by molar-refractivity contribution is 8.07. The third kappa shape index (κ3) is 6.70. The maximum Gasteiger partial charge on any atom is 0.325 e. The second-order valence-corrected chi connectivity index (χ2v) is 18.1. The predicted molar refractivity (Wildman–Crippen MR) is 186 cm³/mol. The van der Waals surface area contributed by atoms with E-state index in [0.717, 1.165) is 42.3 Å². The zero-order valence-corrected chi connectivity index (χ0v) is 30.2. The van der Waals surface area contributed by atoms with Crippen LogP contribution in [0.3, 0.4) is 0 Å². The summed E-state index contributed by atoms with van der Waals surface area (Å²) in [6, 6.07) is 0. The average Bonchev–Trinajstić information content (AvgIpc) is 3.79. The van der Waals surface area contributed by atoms with E-state index in [4.69, 9.17) is 62.6 Å². The number of anilines is 2. The Morgan fingerprint density at radius 3 is 2.39 bits per heavy atom. The first-order chi connectivity index (χ1) is 24.4. The Bertz CT molecular complexity index is 2060. The summed E-state index contributed by atoms with van der Waals surface area (Å²) in [5.41, 5.74) is 14.7. The van der Waals surface area contributed by atoms with E-state index in [1.165, 1.54) is 17.2 Å². The molecule has 4 aromatic heterocycles. The van der Waals surface area contributed by atoms with Crippen molar-refractivity contribution in [2.24, 2.45) is 5.73 Å². The van der Waals surface area contributed by atoms with Gasteiger partial charge in [-0.05, 0) is 54.9 Å². The Labute approximate surface area is 299 Å². The van der Waals surface area contributed by atoms with Gasteiger partial charge in [-0.3, -0.25) is 13.6 Å². The Balaban J connectivity index is 1.10. The monoisotopic (exact) mass is 786 g/mol. The summed E-state index contributed by atoms with van der Waals surface area (Å²) >= 11 is 10.8. The number of rotatable bonds is 5. The van der Waals surface area contributed by atoms with Crippen LogP contribution >= 0.6 is 13.4 Å². The standard InChI is InChI=1S/C27H36N10O10P2S2/c28-5-6-30-27-34-22(29)17-24(35-27)37(11-33-17)26-21-18(38)14(44-26)8-42-48(40,50)46-20-15(9-43-49(41,51)47-21)45-25(19(20)39)36-7-12-3-1-2-4-13-16(12)23(36)32-10-31-13/h7,10-11,14-15,18-21,25-26,38-39H,1-6,8-9,28H2,(H,40,50)(H,41,51)(H3,29,30,34,35)/t14-,15-,18-,19-,20-,21-,25?,26-,48?,49?/m1/s1. The number of aliphatic hydroxyl groups excluding tert-OH is 2. The van der Waals surface area contributed by atoms with E-state index >= 15 is 0 Å². The molecule has 276 valence electrons. The van der Waals surface area contributed by atoms with Crippen molar-refractivity contribution in [3.8, 4) is 0 Å². The molecule has 3 fully saturated rings. The predicted octanol–water partition coefficient (Wildman–Crippen LogP) is -0.130. The van der Waals surface area contributed by atoms with E-state index < -0.39 is 75.7 Å². The lowest BCUT2D eigenvalue weighted by Gasteiger charge is -2.28. The number of ether oxygens (including phenoxy) is 2. The zero-order chi connectivity index (χ0) is 35.7. The van der Waals surface area contributed by atoms with Crippen LogP contribution in [0.4, 0.5) is 11.8 Å². The van der Waals surface area contributed by atoms with Gasteiger partial charge in [-0.1, -0.05) is 0 Å². The molecule has 7 heterocycles. The van der Waals surface area contributed by atoms with E-state index in [1.807, 2.05) is 6.20 Å². The topological polar surface area (TPSA) is 275 Å². The maximum absolute atomic E-state index is 11.6. The Morgan fingerprint density at radius 1 is 0.882 bits per heavy atom. The van der Waals surface area contributed by atoms with Gasteiger partial charge in [0.25, 0.3) is 0 Å². The highest BCUT2D eigenvalue weighted by Crippen LogP contribution is 2.54. The molecule has 2 bridgehead atoms. The summed E-state index contributed by atoms with van der Waals surface area (Å²) in [5.74, 6) is 0.239. The minimum atomic E-state index is -4.19. The fraction of sp³-hybridized carbons (Fsp3) is 0.593. The molecule has 0 spiro atoms. The number of nitrogen functional groups attached to an aromatic ring is 1. The van der Waals surface area contributed by atoms with E-state index in [-0.39, 0.29) is 22.9 Å². The number of aromatic nitrogens is 7. The van der Waals surface area contributed by atoms with Gasteiger partial charge in [0.15, 0.2) is 23.9 Å². The lowest BCUT2D eigenvalue weighted by Crippen LogP contribution is -2.36. The lowest BCUT2D eigenvalue weighted by atomic mass is 10.1. The van der Waals surface area contributed by atoms with Crippen molar-refractivity contribution >= 4 is 71.0 Å². The van der Waals surface area contributed by atoms with Gasteiger partial charge in [-0.25, -0.2) is 15.0 Å². The molecule has 4 aromatic rings. The molecule has 4 aliphatic rings. The van der Waals surface area contributed by atoms with Crippen LogP contribution in [-0.2, 0) is 64.0 Å². The summed E-state index contributed by atoms with van der Waals surface area (Å²) in [4.78, 5) is 44.5. The number of aryl methyl sites for hydroxylation is 2. The minimum Gasteiger partial charge on any atom is -0.387 e. The zero-order valence-electron chi connectivity index (χ0n) is 26.7. The number of nitrogens with one attached hydrogen (secondary N) is 1. The molecule has 3 aliphatic heterocycles. The summed E-state index contributed by atoms with van der Waals surface area (Å²) in [6.07, 6.45) is -1.86. The number of aliphatic hydroxyl groups is 2. The molecular weight excluding hydrogens is 750 g/mol.